The van der Waals surface area contributed by atoms with Gasteiger partial charge in [-0.3, -0.25) is 38.5 Å². The van der Waals surface area contributed by atoms with Gasteiger partial charge in [0.2, 0.25) is 29.5 Å². The molecule has 0 spiro atoms. The van der Waals surface area contributed by atoms with Crippen LogP contribution in [-0.2, 0) is 82.7 Å². The number of carboxylic acids is 1. The van der Waals surface area contributed by atoms with Crippen LogP contribution in [-0.4, -0.2) is 234 Å². The van der Waals surface area contributed by atoms with Gasteiger partial charge < -0.3 is 68.3 Å². The highest BCUT2D eigenvalue weighted by Gasteiger charge is 2.48. The molecule has 4 rings (SSSR count). The average molecular weight is 1150 g/mol. The lowest BCUT2D eigenvalue weighted by atomic mass is 9.89. The van der Waals surface area contributed by atoms with E-state index in [0.29, 0.717) is 105 Å². The maximum absolute atomic E-state index is 14.7. The molecule has 23 heteroatoms. The molecule has 2 fully saturated rings. The van der Waals surface area contributed by atoms with Crippen molar-refractivity contribution in [3.8, 4) is 0 Å². The summed E-state index contributed by atoms with van der Waals surface area (Å²) in [6.45, 7) is 15.9. The third-order valence-electron chi connectivity index (χ3n) is 15.5. The molecule has 3 N–H and O–H groups in total. The van der Waals surface area contributed by atoms with E-state index < -0.39 is 65.6 Å². The molecule has 1 aromatic rings. The maximum Gasteiger partial charge on any atom is 0.326 e. The van der Waals surface area contributed by atoms with E-state index in [4.69, 9.17) is 37.9 Å². The molecule has 3 aliphatic heterocycles. The summed E-state index contributed by atoms with van der Waals surface area (Å²) in [4.78, 5) is 112. The van der Waals surface area contributed by atoms with Crippen LogP contribution in [0.1, 0.15) is 92.1 Å². The summed E-state index contributed by atoms with van der Waals surface area (Å²) in [6.07, 6.45) is 3.95. The molecule has 456 valence electrons. The lowest BCUT2D eigenvalue weighted by molar-refractivity contribution is -0.150. The smallest absolute Gasteiger partial charge is 0.326 e. The molecule has 3 aliphatic rings. The summed E-state index contributed by atoms with van der Waals surface area (Å²) in [5.41, 5.74) is -0.443. The van der Waals surface area contributed by atoms with Crippen molar-refractivity contribution < 1.29 is 81.4 Å². The number of nitrogens with one attached hydrogen (secondary N) is 2. The van der Waals surface area contributed by atoms with Gasteiger partial charge in [-0.15, -0.1) is 0 Å². The zero-order valence-electron chi connectivity index (χ0n) is 49.3. The van der Waals surface area contributed by atoms with Crippen LogP contribution in [0.15, 0.2) is 42.5 Å². The van der Waals surface area contributed by atoms with E-state index in [1.807, 2.05) is 33.8 Å². The highest BCUT2D eigenvalue weighted by atomic mass is 16.6. The predicted molar refractivity (Wildman–Crippen MR) is 297 cm³/mol. The number of benzene rings is 1. The Morgan fingerprint density at radius 2 is 1.30 bits per heavy atom. The van der Waals surface area contributed by atoms with Gasteiger partial charge >= 0.3 is 5.97 Å². The number of amides is 7. The standard InChI is InChI=1S/C58H92N6O17/c1-10-41(4)52(46(74-8)39-50(68)62-23-14-18-45(62)53(75-9)42(5)54(69)59-44(56(71)72)38-43-16-12-11-13-17-43)61(7)55(70)51(40(2)3)60-57(73)58(6)22-15-24-64(58)49(67)21-26-76-28-30-78-32-34-80-36-37-81-35-33-79-31-29-77-27-25-63-47(65)19-20-48(63)66/h11-13,16-17,19-20,40-42,44-46,51-53H,10,14-15,18,21-39H2,1-9H3,(H,59,69)(H,60,73)(H,71,72)/t41-,42+,44-,45-,46+,51-,52-,53+,58-/m0/s1. The number of nitrogens with zero attached hydrogens (tertiary/aromatic N) is 4. The Kier molecular flexibility index (Phi) is 29.9. The third kappa shape index (κ3) is 20.8. The molecule has 23 nitrogen and oxygen atoms in total. The summed E-state index contributed by atoms with van der Waals surface area (Å²) in [5, 5.41) is 15.7. The highest BCUT2D eigenvalue weighted by molar-refractivity contribution is 6.12. The first-order valence-electron chi connectivity index (χ1n) is 28.6. The highest BCUT2D eigenvalue weighted by Crippen LogP contribution is 2.32. The van der Waals surface area contributed by atoms with Gasteiger partial charge in [-0.05, 0) is 50.0 Å². The molecule has 81 heavy (non-hydrogen) atoms. The molecule has 0 aliphatic carbocycles. The monoisotopic (exact) mass is 1140 g/mol. The Bertz CT molecular complexity index is 2170. The normalized spacial score (nSPS) is 19.8. The minimum Gasteiger partial charge on any atom is -0.480 e. The number of hydrogen-bond donors (Lipinski definition) is 3. The van der Waals surface area contributed by atoms with Crippen LogP contribution < -0.4 is 10.6 Å². The van der Waals surface area contributed by atoms with Crippen LogP contribution >= 0.6 is 0 Å². The lowest BCUT2D eigenvalue weighted by Crippen LogP contribution is -2.62. The van der Waals surface area contributed by atoms with E-state index in [2.05, 4.69) is 10.6 Å². The van der Waals surface area contributed by atoms with Crippen molar-refractivity contribution in [1.29, 1.82) is 0 Å². The number of likely N-dealkylation sites (N-methyl/N-ethyl adjacent to an activating group) is 1. The SMILES string of the molecule is CC[C@H](C)[C@@H]([C@@H](CC(=O)N1CCC[C@H]1[C@H](OC)[C@@H](C)C(=O)N[C@@H](Cc1ccccc1)C(=O)O)OC)N(C)C(=O)[C@@H](NC(=O)[C@]1(C)CCCN1C(=O)CCOCCOCCOCCOCCOCCOCCN1C(=O)C=CC1=O)C(C)C. The van der Waals surface area contributed by atoms with Crippen molar-refractivity contribution in [1.82, 2.24) is 30.2 Å². The zero-order chi connectivity index (χ0) is 59.5. The number of carbonyl (C=O) groups is 8. The fourth-order valence-electron chi connectivity index (χ4n) is 10.6. The number of methoxy groups -OCH3 is 2. The molecule has 0 saturated carbocycles. The van der Waals surface area contributed by atoms with Crippen LogP contribution in [0.3, 0.4) is 0 Å². The molecular formula is C58H92N6O17. The quantitative estimate of drug-likeness (QED) is 0.0630. The number of hydrogen-bond acceptors (Lipinski definition) is 16. The summed E-state index contributed by atoms with van der Waals surface area (Å²) in [7, 11) is 4.65. The minimum absolute atomic E-state index is 0.0537. The first kappa shape index (κ1) is 68.1. The maximum atomic E-state index is 14.7. The van der Waals surface area contributed by atoms with E-state index in [1.165, 1.54) is 26.4 Å². The Morgan fingerprint density at radius 1 is 0.741 bits per heavy atom. The van der Waals surface area contributed by atoms with Gasteiger partial charge in [0.25, 0.3) is 11.8 Å². The summed E-state index contributed by atoms with van der Waals surface area (Å²) in [6, 6.07) is 5.84. The molecule has 2 saturated heterocycles. The van der Waals surface area contributed by atoms with E-state index in [1.54, 1.807) is 59.9 Å². The summed E-state index contributed by atoms with van der Waals surface area (Å²) in [5.74, 6) is -4.89. The van der Waals surface area contributed by atoms with Crippen molar-refractivity contribution in [2.75, 3.05) is 120 Å². The second-order valence-corrected chi connectivity index (χ2v) is 21.4. The summed E-state index contributed by atoms with van der Waals surface area (Å²) >= 11 is 0. The van der Waals surface area contributed by atoms with Crippen molar-refractivity contribution >= 4 is 47.3 Å². The molecule has 0 aromatic heterocycles. The van der Waals surface area contributed by atoms with Crippen LogP contribution in [0.2, 0.25) is 0 Å². The minimum atomic E-state index is -1.20. The van der Waals surface area contributed by atoms with Crippen molar-refractivity contribution in [2.45, 2.75) is 135 Å². The summed E-state index contributed by atoms with van der Waals surface area (Å²) < 4.78 is 45.1. The van der Waals surface area contributed by atoms with Gasteiger partial charge in [0.15, 0.2) is 0 Å². The van der Waals surface area contributed by atoms with Gasteiger partial charge in [0.05, 0.1) is 129 Å². The van der Waals surface area contributed by atoms with Crippen LogP contribution in [0.4, 0.5) is 0 Å². The third-order valence-corrected chi connectivity index (χ3v) is 15.5. The number of ether oxygens (including phenoxy) is 8. The van der Waals surface area contributed by atoms with Gasteiger partial charge in [-0.25, -0.2) is 4.79 Å². The Balaban J connectivity index is 1.19. The van der Waals surface area contributed by atoms with Crippen LogP contribution in [0, 0.1) is 17.8 Å². The predicted octanol–water partition coefficient (Wildman–Crippen LogP) is 2.66. The van der Waals surface area contributed by atoms with Gasteiger partial charge in [-0.2, -0.15) is 0 Å². The molecule has 7 amide bonds. The molecule has 0 unspecified atom stereocenters. The topological polar surface area (TPSA) is 268 Å². The zero-order valence-corrected chi connectivity index (χ0v) is 49.3. The first-order chi connectivity index (χ1) is 38.8. The van der Waals surface area contributed by atoms with Crippen molar-refractivity contribution in [3.05, 3.63) is 48.0 Å². The Labute approximate surface area is 478 Å². The fraction of sp³-hybridized carbons (Fsp3) is 0.724. The van der Waals surface area contributed by atoms with Gasteiger partial charge in [-0.1, -0.05) is 71.4 Å². The molecule has 0 bridgehead atoms. The Morgan fingerprint density at radius 3 is 1.81 bits per heavy atom. The molecule has 9 atom stereocenters. The molecule has 3 heterocycles. The number of likely N-dealkylation sites (tertiary alicyclic amines) is 2. The lowest BCUT2D eigenvalue weighted by Gasteiger charge is -2.41. The number of carboxylic acid groups (broad SMARTS) is 1. The van der Waals surface area contributed by atoms with Gasteiger partial charge in [0, 0.05) is 52.9 Å². The largest absolute Gasteiger partial charge is 0.480 e. The van der Waals surface area contributed by atoms with Crippen LogP contribution in [0.25, 0.3) is 0 Å². The second-order valence-electron chi connectivity index (χ2n) is 21.4. The van der Waals surface area contributed by atoms with Crippen molar-refractivity contribution in [3.63, 3.8) is 0 Å². The second kappa shape index (κ2) is 35.6. The number of carbonyl (C=O) groups excluding carboxylic acids is 7. The van der Waals surface area contributed by atoms with E-state index in [9.17, 15) is 43.5 Å². The fourth-order valence-corrected chi connectivity index (χ4v) is 10.6. The average Bonchev–Trinajstić information content (AvgIpc) is 4.44. The van der Waals surface area contributed by atoms with Crippen molar-refractivity contribution in [2.24, 2.45) is 17.8 Å². The molecular weight excluding hydrogens is 1050 g/mol. The van der Waals surface area contributed by atoms with E-state index in [0.717, 1.165) is 10.5 Å². The van der Waals surface area contributed by atoms with Crippen LogP contribution in [0.5, 0.6) is 0 Å². The molecule has 1 aromatic carbocycles. The number of imide groups is 1. The first-order valence-corrected chi connectivity index (χ1v) is 28.6. The number of rotatable bonds is 40. The molecule has 0 radical (unpaired) electrons. The Hall–Kier alpha value is -5.40. The van der Waals surface area contributed by atoms with Gasteiger partial charge in [0.1, 0.15) is 17.6 Å². The number of aliphatic carboxylic acids is 1. The van der Waals surface area contributed by atoms with E-state index in [-0.39, 0.29) is 87.0 Å². The van der Waals surface area contributed by atoms with E-state index >= 15 is 0 Å².